The van der Waals surface area contributed by atoms with Crippen LogP contribution < -0.4 is 0 Å². The highest BCUT2D eigenvalue weighted by molar-refractivity contribution is 8.00. The van der Waals surface area contributed by atoms with Gasteiger partial charge in [-0.1, -0.05) is 11.8 Å². The number of hydrogen-bond acceptors (Lipinski definition) is 7. The van der Waals surface area contributed by atoms with Gasteiger partial charge in [-0.3, -0.25) is 4.79 Å². The van der Waals surface area contributed by atoms with E-state index in [2.05, 4.69) is 16.0 Å². The minimum atomic E-state index is -0.00303. The third-order valence-corrected chi connectivity index (χ3v) is 5.65. The van der Waals surface area contributed by atoms with Crippen molar-refractivity contribution in [2.45, 2.75) is 11.9 Å². The van der Waals surface area contributed by atoms with Crippen LogP contribution in [0.1, 0.15) is 4.88 Å². The number of nitrogens with zero attached hydrogens (tertiary/aromatic N) is 3. The van der Waals surface area contributed by atoms with Gasteiger partial charge >= 0.3 is 0 Å². The first-order valence-electron chi connectivity index (χ1n) is 7.47. The van der Waals surface area contributed by atoms with Crippen LogP contribution in [0.2, 0.25) is 0 Å². The molecule has 2 aromatic heterocycles. The van der Waals surface area contributed by atoms with E-state index < -0.39 is 0 Å². The van der Waals surface area contributed by atoms with Gasteiger partial charge in [-0.15, -0.1) is 11.3 Å². The average molecular weight is 353 g/mol. The van der Waals surface area contributed by atoms with Crippen LogP contribution in [0.5, 0.6) is 0 Å². The fourth-order valence-electron chi connectivity index (χ4n) is 2.51. The average Bonchev–Trinajstić information content (AvgIpc) is 2.79. The summed E-state index contributed by atoms with van der Waals surface area (Å²) in [6.45, 7) is 4.23. The van der Waals surface area contributed by atoms with Gasteiger partial charge in [0.25, 0.3) is 0 Å². The van der Waals surface area contributed by atoms with Crippen molar-refractivity contribution in [1.29, 1.82) is 0 Å². The number of aliphatic hydroxyl groups excluding tert-OH is 1. The van der Waals surface area contributed by atoms with Gasteiger partial charge in [0, 0.05) is 35.9 Å². The lowest BCUT2D eigenvalue weighted by atomic mass is 10.1. The van der Waals surface area contributed by atoms with E-state index in [0.29, 0.717) is 32.1 Å². The van der Waals surface area contributed by atoms with Gasteiger partial charge in [-0.2, -0.15) is 0 Å². The monoisotopic (exact) mass is 353 g/mol. The summed E-state index contributed by atoms with van der Waals surface area (Å²) in [6.07, 6.45) is 1.55. The van der Waals surface area contributed by atoms with Crippen LogP contribution in [-0.4, -0.2) is 64.5 Å². The molecule has 0 radical (unpaired) electrons. The van der Waals surface area contributed by atoms with Gasteiger partial charge in [0.1, 0.15) is 16.2 Å². The van der Waals surface area contributed by atoms with Crippen molar-refractivity contribution in [2.75, 3.05) is 38.7 Å². The number of carbonyl (C=O) groups is 1. The van der Waals surface area contributed by atoms with Crippen molar-refractivity contribution in [2.24, 2.45) is 5.92 Å². The Bertz CT molecular complexity index is 692. The molecule has 124 valence electrons. The second-order valence-electron chi connectivity index (χ2n) is 5.51. The molecule has 1 saturated heterocycles. The molecule has 1 aliphatic heterocycles. The van der Waals surface area contributed by atoms with Gasteiger partial charge in [0.15, 0.2) is 0 Å². The molecule has 3 rings (SSSR count). The number of aryl methyl sites for hydroxylation is 1. The maximum absolute atomic E-state index is 12.5. The molecular formula is C15H19N3O3S2. The van der Waals surface area contributed by atoms with E-state index in [4.69, 9.17) is 4.74 Å². The summed E-state index contributed by atoms with van der Waals surface area (Å²) in [7, 11) is 0. The van der Waals surface area contributed by atoms with Crippen molar-refractivity contribution in [3.63, 3.8) is 0 Å². The Morgan fingerprint density at radius 1 is 1.57 bits per heavy atom. The number of aromatic nitrogens is 2. The lowest BCUT2D eigenvalue weighted by Crippen LogP contribution is -2.37. The Kier molecular flexibility index (Phi) is 5.47. The molecule has 0 aromatic carbocycles. The maximum Gasteiger partial charge on any atom is 0.233 e. The maximum atomic E-state index is 12.5. The van der Waals surface area contributed by atoms with E-state index in [1.54, 1.807) is 22.6 Å². The number of fused-ring (bicyclic) bond motifs is 1. The minimum Gasteiger partial charge on any atom is -0.396 e. The molecule has 0 spiro atoms. The number of rotatable bonds is 4. The van der Waals surface area contributed by atoms with E-state index in [9.17, 15) is 9.90 Å². The Morgan fingerprint density at radius 2 is 2.43 bits per heavy atom. The van der Waals surface area contributed by atoms with Gasteiger partial charge in [0.05, 0.1) is 19.0 Å². The second kappa shape index (κ2) is 7.57. The summed E-state index contributed by atoms with van der Waals surface area (Å²) in [5.74, 6) is 0.383. The SMILES string of the molecule is Cc1cc2c(SCC(=O)N3CCOCC(CO)C3)ncnc2s1. The summed E-state index contributed by atoms with van der Waals surface area (Å²) < 4.78 is 5.42. The molecule has 1 atom stereocenters. The van der Waals surface area contributed by atoms with E-state index in [0.717, 1.165) is 15.2 Å². The second-order valence-corrected chi connectivity index (χ2v) is 7.71. The molecule has 0 saturated carbocycles. The zero-order valence-corrected chi connectivity index (χ0v) is 14.5. The number of thiophene rings is 1. The lowest BCUT2D eigenvalue weighted by molar-refractivity contribution is -0.128. The van der Waals surface area contributed by atoms with E-state index in [1.165, 1.54) is 16.6 Å². The molecule has 0 bridgehead atoms. The first-order chi connectivity index (χ1) is 11.2. The van der Waals surface area contributed by atoms with Gasteiger partial charge in [-0.25, -0.2) is 9.97 Å². The molecule has 1 amide bonds. The molecule has 6 nitrogen and oxygen atoms in total. The number of carbonyl (C=O) groups excluding carboxylic acids is 1. The largest absolute Gasteiger partial charge is 0.396 e. The summed E-state index contributed by atoms with van der Waals surface area (Å²) in [5, 5.41) is 11.2. The summed E-state index contributed by atoms with van der Waals surface area (Å²) in [5.41, 5.74) is 0. The van der Waals surface area contributed by atoms with Crippen LogP contribution in [0.25, 0.3) is 10.2 Å². The molecule has 2 aromatic rings. The zero-order chi connectivity index (χ0) is 16.2. The smallest absolute Gasteiger partial charge is 0.233 e. The lowest BCUT2D eigenvalue weighted by Gasteiger charge is -2.22. The Morgan fingerprint density at radius 3 is 3.26 bits per heavy atom. The molecule has 8 heteroatoms. The fourth-order valence-corrected chi connectivity index (χ4v) is 4.30. The third-order valence-electron chi connectivity index (χ3n) is 3.70. The van der Waals surface area contributed by atoms with E-state index in [1.807, 2.05) is 6.92 Å². The Hall–Kier alpha value is -1.22. The number of amides is 1. The molecule has 3 heterocycles. The van der Waals surface area contributed by atoms with E-state index in [-0.39, 0.29) is 18.4 Å². The molecule has 1 fully saturated rings. The predicted octanol–water partition coefficient (Wildman–Crippen LogP) is 1.56. The molecule has 23 heavy (non-hydrogen) atoms. The minimum absolute atomic E-state index is 0.00303. The van der Waals surface area contributed by atoms with Crippen molar-refractivity contribution in [3.05, 3.63) is 17.3 Å². The van der Waals surface area contributed by atoms with Crippen LogP contribution >= 0.6 is 23.1 Å². The van der Waals surface area contributed by atoms with Crippen LogP contribution in [0.3, 0.4) is 0 Å². The molecule has 1 N–H and O–H groups in total. The van der Waals surface area contributed by atoms with Crippen molar-refractivity contribution in [1.82, 2.24) is 14.9 Å². The Balaban J connectivity index is 1.65. The predicted molar refractivity (Wildman–Crippen MR) is 90.9 cm³/mol. The molecule has 1 unspecified atom stereocenters. The number of ether oxygens (including phenoxy) is 1. The van der Waals surface area contributed by atoms with Crippen LogP contribution in [0, 0.1) is 12.8 Å². The molecule has 1 aliphatic rings. The molecule has 0 aliphatic carbocycles. The first kappa shape index (κ1) is 16.6. The summed E-state index contributed by atoms with van der Waals surface area (Å²) in [4.78, 5) is 24.9. The van der Waals surface area contributed by atoms with Gasteiger partial charge in [-0.05, 0) is 13.0 Å². The van der Waals surface area contributed by atoms with Crippen molar-refractivity contribution < 1.29 is 14.6 Å². The first-order valence-corrected chi connectivity index (χ1v) is 9.28. The number of thioether (sulfide) groups is 1. The summed E-state index contributed by atoms with van der Waals surface area (Å²) >= 11 is 3.07. The fraction of sp³-hybridized carbons (Fsp3) is 0.533. The van der Waals surface area contributed by atoms with Crippen molar-refractivity contribution in [3.8, 4) is 0 Å². The normalized spacial score (nSPS) is 19.0. The topological polar surface area (TPSA) is 75.6 Å². The van der Waals surface area contributed by atoms with Crippen LogP contribution in [0.15, 0.2) is 17.4 Å². The third kappa shape index (κ3) is 4.00. The summed E-state index contributed by atoms with van der Waals surface area (Å²) in [6, 6.07) is 2.06. The van der Waals surface area contributed by atoms with E-state index >= 15 is 0 Å². The van der Waals surface area contributed by atoms with Crippen LogP contribution in [-0.2, 0) is 9.53 Å². The highest BCUT2D eigenvalue weighted by atomic mass is 32.2. The van der Waals surface area contributed by atoms with Crippen molar-refractivity contribution >= 4 is 39.2 Å². The Labute approximate surface area is 142 Å². The quantitative estimate of drug-likeness (QED) is 0.664. The van der Waals surface area contributed by atoms with Gasteiger partial charge < -0.3 is 14.7 Å². The van der Waals surface area contributed by atoms with Crippen LogP contribution in [0.4, 0.5) is 0 Å². The molecular weight excluding hydrogens is 334 g/mol. The zero-order valence-electron chi connectivity index (χ0n) is 12.9. The highest BCUT2D eigenvalue weighted by Gasteiger charge is 2.22. The van der Waals surface area contributed by atoms with Gasteiger partial charge in [0.2, 0.25) is 5.91 Å². The standard InChI is InChI=1S/C15H19N3O3S2/c1-10-4-12-14(16-9-17-15(12)23-10)22-8-13(20)18-2-3-21-7-11(5-18)6-19/h4,9,11,19H,2-3,5-8H2,1H3. The number of hydrogen-bond donors (Lipinski definition) is 1. The number of aliphatic hydroxyl groups is 1. The highest BCUT2D eigenvalue weighted by Crippen LogP contribution is 2.30.